The molecule has 0 bridgehead atoms. The van der Waals surface area contributed by atoms with Crippen LogP contribution < -0.4 is 0 Å². The molecule has 2 saturated heterocycles. The predicted molar refractivity (Wildman–Crippen MR) is 93.4 cm³/mol. The minimum atomic E-state index is -3.51. The second-order valence-corrected chi connectivity index (χ2v) is 8.91. The van der Waals surface area contributed by atoms with Crippen LogP contribution in [0.15, 0.2) is 29.2 Å². The minimum absolute atomic E-state index is 0.0565. The maximum Gasteiger partial charge on any atom is 0.253 e. The monoisotopic (exact) mass is 350 g/mol. The van der Waals surface area contributed by atoms with Crippen LogP contribution in [0.3, 0.4) is 0 Å². The molecule has 0 saturated carbocycles. The molecule has 5 nitrogen and oxygen atoms in total. The lowest BCUT2D eigenvalue weighted by Crippen LogP contribution is -2.38. The average Bonchev–Trinajstić information content (AvgIpc) is 2.62. The normalized spacial score (nSPS) is 21.0. The van der Waals surface area contributed by atoms with Crippen molar-refractivity contribution in [2.24, 2.45) is 5.92 Å². The average molecular weight is 350 g/mol. The van der Waals surface area contributed by atoms with Crippen LogP contribution in [0.5, 0.6) is 0 Å². The van der Waals surface area contributed by atoms with Gasteiger partial charge < -0.3 is 4.90 Å². The topological polar surface area (TPSA) is 57.7 Å². The Morgan fingerprint density at radius 3 is 2.38 bits per heavy atom. The van der Waals surface area contributed by atoms with Gasteiger partial charge in [0.2, 0.25) is 10.0 Å². The van der Waals surface area contributed by atoms with E-state index in [1.807, 2.05) is 4.90 Å². The minimum Gasteiger partial charge on any atom is -0.339 e. The largest absolute Gasteiger partial charge is 0.339 e. The van der Waals surface area contributed by atoms with Crippen LogP contribution in [0.4, 0.5) is 0 Å². The Balaban J connectivity index is 1.80. The summed E-state index contributed by atoms with van der Waals surface area (Å²) in [4.78, 5) is 14.7. The van der Waals surface area contributed by atoms with Crippen molar-refractivity contribution < 1.29 is 13.2 Å². The first kappa shape index (κ1) is 17.4. The highest BCUT2D eigenvalue weighted by molar-refractivity contribution is 7.89. The third-order valence-corrected chi connectivity index (χ3v) is 7.00. The van der Waals surface area contributed by atoms with Gasteiger partial charge in [-0.15, -0.1) is 0 Å². The molecule has 2 heterocycles. The third kappa shape index (κ3) is 3.64. The molecule has 0 atom stereocenters. The summed E-state index contributed by atoms with van der Waals surface area (Å²) < 4.78 is 27.2. The summed E-state index contributed by atoms with van der Waals surface area (Å²) in [5.74, 6) is 0.516. The van der Waals surface area contributed by atoms with Crippen molar-refractivity contribution in [3.63, 3.8) is 0 Å². The van der Waals surface area contributed by atoms with Gasteiger partial charge in [-0.25, -0.2) is 8.42 Å². The maximum absolute atomic E-state index is 12.8. The fourth-order valence-electron chi connectivity index (χ4n) is 3.44. The number of benzene rings is 1. The van der Waals surface area contributed by atoms with Crippen molar-refractivity contribution in [1.29, 1.82) is 0 Å². The fraction of sp³-hybridized carbons (Fsp3) is 0.611. The highest BCUT2D eigenvalue weighted by Gasteiger charge is 2.29. The number of carbonyl (C=O) groups excluding carboxylic acids is 1. The smallest absolute Gasteiger partial charge is 0.253 e. The lowest BCUT2D eigenvalue weighted by atomic mass is 10.0. The lowest BCUT2D eigenvalue weighted by Gasteiger charge is -2.30. The Morgan fingerprint density at radius 1 is 1.04 bits per heavy atom. The molecule has 3 rings (SSSR count). The number of carbonyl (C=O) groups is 1. The number of likely N-dealkylation sites (tertiary alicyclic amines) is 1. The van der Waals surface area contributed by atoms with E-state index >= 15 is 0 Å². The molecule has 1 aromatic rings. The highest BCUT2D eigenvalue weighted by atomic mass is 32.2. The molecule has 0 N–H and O–H groups in total. The summed E-state index contributed by atoms with van der Waals surface area (Å²) in [5.41, 5.74) is 0.475. The molecule has 132 valence electrons. The SMILES string of the molecule is CC1CCN(S(=O)(=O)c2cccc(C(=O)N3CCCCC3)c2)CC1. The second kappa shape index (κ2) is 7.23. The van der Waals surface area contributed by atoms with Gasteiger partial charge in [0.25, 0.3) is 5.91 Å². The zero-order valence-corrected chi connectivity index (χ0v) is 15.1. The molecule has 1 aromatic carbocycles. The second-order valence-electron chi connectivity index (χ2n) is 6.97. The van der Waals surface area contributed by atoms with Crippen LogP contribution in [0, 0.1) is 5.92 Å². The van der Waals surface area contributed by atoms with Crippen LogP contribution in [0.1, 0.15) is 49.4 Å². The van der Waals surface area contributed by atoms with Gasteiger partial charge in [-0.2, -0.15) is 4.31 Å². The molecule has 2 aliphatic heterocycles. The predicted octanol–water partition coefficient (Wildman–Crippen LogP) is 2.73. The first-order chi connectivity index (χ1) is 11.5. The van der Waals surface area contributed by atoms with Crippen molar-refractivity contribution in [3.05, 3.63) is 29.8 Å². The van der Waals surface area contributed by atoms with E-state index in [0.29, 0.717) is 24.6 Å². The summed E-state index contributed by atoms with van der Waals surface area (Å²) in [6.07, 6.45) is 4.99. The number of piperidine rings is 2. The Kier molecular flexibility index (Phi) is 5.25. The number of nitrogens with zero attached hydrogens (tertiary/aromatic N) is 2. The molecule has 1 amide bonds. The van der Waals surface area contributed by atoms with E-state index in [9.17, 15) is 13.2 Å². The van der Waals surface area contributed by atoms with E-state index in [2.05, 4.69) is 6.92 Å². The van der Waals surface area contributed by atoms with Gasteiger partial charge in [0.1, 0.15) is 0 Å². The van der Waals surface area contributed by atoms with Crippen LogP contribution in [0.2, 0.25) is 0 Å². The summed E-state index contributed by atoms with van der Waals surface area (Å²) in [6.45, 7) is 4.81. The van der Waals surface area contributed by atoms with Crippen LogP contribution in [-0.2, 0) is 10.0 Å². The zero-order valence-electron chi connectivity index (χ0n) is 14.3. The summed E-state index contributed by atoms with van der Waals surface area (Å²) in [6, 6.07) is 6.54. The maximum atomic E-state index is 12.8. The Labute approximate surface area is 144 Å². The molecule has 0 spiro atoms. The zero-order chi connectivity index (χ0) is 17.2. The van der Waals surface area contributed by atoms with Crippen molar-refractivity contribution in [2.75, 3.05) is 26.2 Å². The molecule has 2 fully saturated rings. The van der Waals surface area contributed by atoms with E-state index in [4.69, 9.17) is 0 Å². The van der Waals surface area contributed by atoms with E-state index in [1.54, 1.807) is 28.6 Å². The van der Waals surface area contributed by atoms with Crippen LogP contribution >= 0.6 is 0 Å². The Hall–Kier alpha value is -1.40. The van der Waals surface area contributed by atoms with Crippen LogP contribution in [0.25, 0.3) is 0 Å². The number of hydrogen-bond donors (Lipinski definition) is 0. The Morgan fingerprint density at radius 2 is 1.71 bits per heavy atom. The number of hydrogen-bond acceptors (Lipinski definition) is 3. The first-order valence-corrected chi connectivity index (χ1v) is 10.3. The lowest BCUT2D eigenvalue weighted by molar-refractivity contribution is 0.0724. The molecular formula is C18H26N2O3S. The molecule has 0 aliphatic carbocycles. The quantitative estimate of drug-likeness (QED) is 0.842. The van der Waals surface area contributed by atoms with E-state index in [1.165, 1.54) is 0 Å². The number of amides is 1. The van der Waals surface area contributed by atoms with Crippen molar-refractivity contribution in [1.82, 2.24) is 9.21 Å². The standard InChI is InChI=1S/C18H26N2O3S/c1-15-8-12-20(13-9-15)24(22,23)17-7-5-6-16(14-17)18(21)19-10-3-2-4-11-19/h5-7,14-15H,2-4,8-13H2,1H3. The van der Waals surface area contributed by atoms with Crippen LogP contribution in [-0.4, -0.2) is 49.7 Å². The summed E-state index contributed by atoms with van der Waals surface area (Å²) >= 11 is 0. The van der Waals surface area contributed by atoms with Crippen molar-refractivity contribution >= 4 is 15.9 Å². The van der Waals surface area contributed by atoms with Gasteiger partial charge in [0.05, 0.1) is 4.90 Å². The van der Waals surface area contributed by atoms with Gasteiger partial charge in [-0.1, -0.05) is 13.0 Å². The van der Waals surface area contributed by atoms with Gasteiger partial charge in [0.15, 0.2) is 0 Å². The molecule has 0 aromatic heterocycles. The van der Waals surface area contributed by atoms with Gasteiger partial charge in [0, 0.05) is 31.7 Å². The molecular weight excluding hydrogens is 324 g/mol. The van der Waals surface area contributed by atoms with Crippen molar-refractivity contribution in [3.8, 4) is 0 Å². The van der Waals surface area contributed by atoms with E-state index in [-0.39, 0.29) is 10.8 Å². The summed E-state index contributed by atoms with van der Waals surface area (Å²) in [5, 5.41) is 0. The number of rotatable bonds is 3. The molecule has 24 heavy (non-hydrogen) atoms. The molecule has 0 radical (unpaired) electrons. The molecule has 0 unspecified atom stereocenters. The Bertz CT molecular complexity index is 688. The van der Waals surface area contributed by atoms with Gasteiger partial charge in [-0.05, 0) is 56.2 Å². The summed E-state index contributed by atoms with van der Waals surface area (Å²) in [7, 11) is -3.51. The third-order valence-electron chi connectivity index (χ3n) is 5.10. The van der Waals surface area contributed by atoms with E-state index < -0.39 is 10.0 Å². The molecule has 6 heteroatoms. The highest BCUT2D eigenvalue weighted by Crippen LogP contribution is 2.24. The van der Waals surface area contributed by atoms with Crippen molar-refractivity contribution in [2.45, 2.75) is 43.9 Å². The number of sulfonamides is 1. The van der Waals surface area contributed by atoms with E-state index in [0.717, 1.165) is 45.2 Å². The first-order valence-electron chi connectivity index (χ1n) is 8.88. The molecule has 2 aliphatic rings. The fourth-order valence-corrected chi connectivity index (χ4v) is 4.96. The van der Waals surface area contributed by atoms with Gasteiger partial charge in [-0.3, -0.25) is 4.79 Å². The van der Waals surface area contributed by atoms with Gasteiger partial charge >= 0.3 is 0 Å².